The van der Waals surface area contributed by atoms with E-state index in [0.717, 1.165) is 5.56 Å². The number of nitrogens with one attached hydrogen (secondary N) is 8. The number of rotatable bonds is 20. The molecule has 2 unspecified atom stereocenters. The zero-order valence-corrected chi connectivity index (χ0v) is 48.5. The van der Waals surface area contributed by atoms with Gasteiger partial charge in [0.15, 0.2) is 6.10 Å². The van der Waals surface area contributed by atoms with Gasteiger partial charge in [-0.15, -0.1) is 0 Å². The van der Waals surface area contributed by atoms with Gasteiger partial charge in [0.2, 0.25) is 41.4 Å². The Morgan fingerprint density at radius 1 is 0.831 bits per heavy atom. The van der Waals surface area contributed by atoms with Gasteiger partial charge in [0.05, 0.1) is 17.9 Å². The van der Waals surface area contributed by atoms with E-state index in [4.69, 9.17) is 25.5 Å². The first-order chi connectivity index (χ1) is 38.9. The van der Waals surface area contributed by atoms with Crippen LogP contribution in [0.3, 0.4) is 0 Å². The third-order valence-corrected chi connectivity index (χ3v) is 15.4. The number of esters is 1. The maximum Gasteiger partial charge on any atom is 0.308 e. The minimum Gasteiger partial charge on any atom is -0.487 e. The van der Waals surface area contributed by atoms with Gasteiger partial charge in [-0.25, -0.2) is 13.1 Å². The quantitative estimate of drug-likeness (QED) is 0.0134. The minimum atomic E-state index is -4.28. The number of azide groups is 1. The third kappa shape index (κ3) is 18.9. The first-order valence-corrected chi connectivity index (χ1v) is 28.5. The van der Waals surface area contributed by atoms with Crippen LogP contribution in [0, 0.1) is 20.8 Å². The Morgan fingerprint density at radius 3 is 2.12 bits per heavy atom. The topological polar surface area (TPSA) is 442 Å². The summed E-state index contributed by atoms with van der Waals surface area (Å²) in [5.41, 5.74) is 16.0. The monoisotopic (exact) mass is 1180 g/mol. The van der Waals surface area contributed by atoms with Crippen LogP contribution in [0.1, 0.15) is 101 Å². The lowest BCUT2D eigenvalue weighted by Gasteiger charge is -2.39. The highest BCUT2D eigenvalue weighted by Gasteiger charge is 2.47. The first kappa shape index (κ1) is 66.2. The summed E-state index contributed by atoms with van der Waals surface area (Å²) in [6.07, 6.45) is -9.11. The van der Waals surface area contributed by atoms with E-state index in [-0.39, 0.29) is 56.5 Å². The van der Waals surface area contributed by atoms with Crippen LogP contribution < -0.4 is 52.4 Å². The summed E-state index contributed by atoms with van der Waals surface area (Å²) < 4.78 is 47.2. The molecule has 0 radical (unpaired) electrons. The van der Waals surface area contributed by atoms with E-state index in [1.807, 2.05) is 13.8 Å². The summed E-state index contributed by atoms with van der Waals surface area (Å²) in [4.78, 5) is 116. The smallest absolute Gasteiger partial charge is 0.308 e. The fourth-order valence-corrected chi connectivity index (χ4v) is 11.1. The van der Waals surface area contributed by atoms with Crippen LogP contribution >= 0.6 is 0 Å². The second kappa shape index (κ2) is 29.1. The molecule has 0 aromatic heterocycles. The molecule has 7 amide bonds. The lowest BCUT2D eigenvalue weighted by Crippen LogP contribution is -2.63. The molecule has 30 heteroatoms. The first-order valence-electron chi connectivity index (χ1n) is 27.0. The maximum absolute atomic E-state index is 14.4. The van der Waals surface area contributed by atoms with Crippen LogP contribution in [0.25, 0.3) is 10.4 Å². The van der Waals surface area contributed by atoms with Crippen molar-refractivity contribution in [3.05, 3.63) is 68.6 Å². The highest BCUT2D eigenvalue weighted by molar-refractivity contribution is 7.90. The highest BCUT2D eigenvalue weighted by atomic mass is 32.2. The molecule has 3 aliphatic heterocycles. The van der Waals surface area contributed by atoms with Gasteiger partial charge in [-0.05, 0) is 115 Å². The Labute approximate surface area is 480 Å². The molecule has 2 aromatic carbocycles. The van der Waals surface area contributed by atoms with Crippen molar-refractivity contribution in [2.24, 2.45) is 15.8 Å². The Kier molecular flexibility index (Phi) is 23.2. The van der Waals surface area contributed by atoms with Crippen LogP contribution in [-0.4, -0.2) is 176 Å². The van der Waals surface area contributed by atoms with Gasteiger partial charge < -0.3 is 72.5 Å². The number of hydrogen-bond donors (Lipinski definition) is 12. The number of aliphatic imine (C=N–C) groups is 1. The second-order valence-electron chi connectivity index (χ2n) is 22.1. The van der Waals surface area contributed by atoms with Gasteiger partial charge >= 0.3 is 5.97 Å². The number of carbonyl (C=O) groups is 8. The highest BCUT2D eigenvalue weighted by Crippen LogP contribution is 2.43. The maximum atomic E-state index is 14.4. The molecule has 3 aliphatic rings. The van der Waals surface area contributed by atoms with Gasteiger partial charge in [0.25, 0.3) is 15.9 Å². The normalized spacial score (nSPS) is 24.3. The molecule has 0 aliphatic carbocycles. The van der Waals surface area contributed by atoms with Crippen molar-refractivity contribution in [3.63, 3.8) is 0 Å². The molecule has 13 N–H and O–H groups in total. The molecule has 2 aromatic rings. The van der Waals surface area contributed by atoms with Crippen LogP contribution in [0.4, 0.5) is 0 Å². The number of fused-ring (bicyclic) bond motifs is 1. The molecule has 456 valence electrons. The minimum absolute atomic E-state index is 0.0100. The average molecular weight is 1180 g/mol. The number of nitrogens with zero attached hydrogens (tertiary/aromatic N) is 4. The molecule has 2 saturated heterocycles. The van der Waals surface area contributed by atoms with E-state index in [2.05, 4.69) is 57.0 Å². The van der Waals surface area contributed by atoms with E-state index in [9.17, 15) is 62.1 Å². The summed E-state index contributed by atoms with van der Waals surface area (Å²) in [5.74, 6) is -6.93. The van der Waals surface area contributed by atoms with Crippen molar-refractivity contribution in [1.82, 2.24) is 41.9 Å². The summed E-state index contributed by atoms with van der Waals surface area (Å²) >= 11 is 0. The molecule has 9 atom stereocenters. The van der Waals surface area contributed by atoms with Crippen molar-refractivity contribution in [3.8, 4) is 5.75 Å². The van der Waals surface area contributed by atoms with Crippen molar-refractivity contribution >= 4 is 63.3 Å². The Bertz CT molecular complexity index is 2930. The van der Waals surface area contributed by atoms with Gasteiger partial charge in [-0.1, -0.05) is 35.4 Å². The fourth-order valence-electron chi connectivity index (χ4n) is 9.56. The number of amides is 7. The number of hydrogen-bond acceptors (Lipinski definition) is 18. The van der Waals surface area contributed by atoms with E-state index >= 15 is 0 Å². The molecule has 29 nitrogen and oxygen atoms in total. The number of ether oxygens (including phenoxy) is 3. The van der Waals surface area contributed by atoms with Crippen molar-refractivity contribution < 1.29 is 76.3 Å². The average Bonchev–Trinajstić information content (AvgIpc) is 2.08. The predicted octanol–water partition coefficient (Wildman–Crippen LogP) is -1.69. The summed E-state index contributed by atoms with van der Waals surface area (Å²) in [7, 11) is -4.28. The number of sulfonamides is 1. The molecule has 0 spiro atoms. The van der Waals surface area contributed by atoms with Crippen molar-refractivity contribution in [2.45, 2.75) is 178 Å². The second-order valence-corrected chi connectivity index (χ2v) is 23.7. The molecule has 0 bridgehead atoms. The zero-order valence-electron chi connectivity index (χ0n) is 47.7. The Morgan fingerprint density at radius 2 is 1.46 bits per heavy atom. The fraction of sp³-hybridized carbons (Fsp3) is 0.604. The van der Waals surface area contributed by atoms with Crippen LogP contribution in [0.15, 0.2) is 45.3 Å². The number of benzene rings is 2. The molecule has 0 saturated carbocycles. The number of aliphatic hydroxyl groups excluding tert-OH is 3. The predicted molar refractivity (Wildman–Crippen MR) is 297 cm³/mol. The number of aliphatic hydroxyl groups is 3. The molecule has 83 heavy (non-hydrogen) atoms. The Balaban J connectivity index is 1.37. The molecule has 2 fully saturated rings. The third-order valence-electron chi connectivity index (χ3n) is 13.7. The van der Waals surface area contributed by atoms with Gasteiger partial charge in [-0.2, -0.15) is 0 Å². The molecule has 3 heterocycles. The van der Waals surface area contributed by atoms with Gasteiger partial charge in [-0.3, -0.25) is 43.3 Å². The summed E-state index contributed by atoms with van der Waals surface area (Å²) in [6.45, 7) is 11.7. The van der Waals surface area contributed by atoms with Crippen LogP contribution in [-0.2, 0) is 70.7 Å². The van der Waals surface area contributed by atoms with Crippen molar-refractivity contribution in [2.75, 3.05) is 32.7 Å². The zero-order chi connectivity index (χ0) is 61.6. The van der Waals surface area contributed by atoms with E-state index in [1.54, 1.807) is 71.9 Å². The standard InChI is InChI=1S/C53H77N13O16S/c1-27-28(2)45(29(3)31-23-53(7,8)82-43(27)31)83(78,79)65-51(54)57-20-14-18-32-46(73)59-25-38(68)61-35(22-39(69)81-52(4,5)6)49(76)64-34(21-30-15-10-9-11-16-30)48(75)63-33(47(74)62-32)17-12-13-19-56-50(77)44-42(72)41(71)40(70)36(80-44)24-58-37(67)26-60-66-55/h9-11,15-16,32-36,40-42,44,70-72H,12-14,17-26H2,1-8H3,(H,56,77)(H,58,67)(H,59,73)(H,61,68)(H,62,74)(H,63,75)(H,64,76)(H3,54,57,65)/t32-,33-,34+,35-,36+,40-,41?,42-,44?/m0/s1. The number of nitrogens with two attached hydrogens (primary N) is 1. The summed E-state index contributed by atoms with van der Waals surface area (Å²) in [5, 5.41) is 52.5. The lowest BCUT2D eigenvalue weighted by atomic mass is 9.94. The van der Waals surface area contributed by atoms with Crippen LogP contribution in [0.5, 0.6) is 5.75 Å². The molecule has 5 rings (SSSR count). The van der Waals surface area contributed by atoms with Gasteiger partial charge in [0, 0.05) is 43.0 Å². The SMILES string of the molecule is Cc1c(C)c(S(=O)(=O)NC(N)=NCCC[C@@H]2NC(=O)[C@H](CCCCNC(=O)C3O[C@H](CNC(=O)CN=[N+]=[N-])[C@H](O)C(O)[C@@H]3O)NC(=O)[C@@H](Cc3ccccc3)NC(=O)[C@H](CC(=O)OC(C)(C)C)NC(=O)CNC2=O)c(C)c2c1OC(C)(C)C2. The molecular weight excluding hydrogens is 1110 g/mol. The van der Waals surface area contributed by atoms with Gasteiger partial charge in [0.1, 0.15) is 72.1 Å². The van der Waals surface area contributed by atoms with E-state index in [0.29, 0.717) is 34.4 Å². The largest absolute Gasteiger partial charge is 0.487 e. The number of guanidine groups is 1. The van der Waals surface area contributed by atoms with Crippen LogP contribution in [0.2, 0.25) is 0 Å². The number of unbranched alkanes of at least 4 members (excludes halogenated alkanes) is 1. The molecular formula is C53H77N13O16S. The van der Waals surface area contributed by atoms with Crippen molar-refractivity contribution in [1.29, 1.82) is 0 Å². The van der Waals surface area contributed by atoms with E-state index < -0.39 is 155 Å². The number of carbonyl (C=O) groups excluding carboxylic acids is 8. The van der Waals surface area contributed by atoms with E-state index in [1.165, 1.54) is 0 Å². The Hall–Kier alpha value is -7.63. The summed E-state index contributed by atoms with van der Waals surface area (Å²) in [6, 6.07) is 2.54. The lowest BCUT2D eigenvalue weighted by molar-refractivity contribution is -0.219.